The molecule has 0 saturated carbocycles. The van der Waals surface area contributed by atoms with Crippen molar-refractivity contribution in [2.75, 3.05) is 7.05 Å². The van der Waals surface area contributed by atoms with Crippen molar-refractivity contribution in [3.05, 3.63) is 41.5 Å². The molecule has 4 nitrogen and oxygen atoms in total. The van der Waals surface area contributed by atoms with E-state index in [2.05, 4.69) is 0 Å². The van der Waals surface area contributed by atoms with Crippen molar-refractivity contribution in [2.45, 2.75) is 13.5 Å². The molecule has 1 amide bonds. The van der Waals surface area contributed by atoms with Crippen LogP contribution < -0.4 is 0 Å². The monoisotopic (exact) mass is 233 g/mol. The Morgan fingerprint density at radius 3 is 2.35 bits per heavy atom. The Hall–Kier alpha value is -2.10. The number of hydrogen-bond acceptors (Lipinski definition) is 2. The largest absolute Gasteiger partial charge is 0.478 e. The quantitative estimate of drug-likeness (QED) is 0.806. The van der Waals surface area contributed by atoms with E-state index in [4.69, 9.17) is 5.11 Å². The standard InChI is InChI=1S/C13H15NO3/c1-10(15)14(2)9-12-5-3-11(4-6-12)7-8-13(16)17/h3-8H,9H2,1-2H3,(H,16,17). The second-order valence-electron chi connectivity index (χ2n) is 3.79. The van der Waals surface area contributed by atoms with Crippen LogP contribution in [0, 0.1) is 0 Å². The number of benzene rings is 1. The van der Waals surface area contributed by atoms with E-state index in [1.807, 2.05) is 24.3 Å². The van der Waals surface area contributed by atoms with Gasteiger partial charge in [0.1, 0.15) is 0 Å². The van der Waals surface area contributed by atoms with E-state index >= 15 is 0 Å². The molecule has 0 aliphatic heterocycles. The number of carboxylic acid groups (broad SMARTS) is 1. The van der Waals surface area contributed by atoms with E-state index in [0.717, 1.165) is 17.2 Å². The molecule has 17 heavy (non-hydrogen) atoms. The van der Waals surface area contributed by atoms with Gasteiger partial charge in [-0.05, 0) is 17.2 Å². The third-order valence-electron chi connectivity index (χ3n) is 2.36. The highest BCUT2D eigenvalue weighted by Gasteiger charge is 2.02. The molecule has 1 N–H and O–H groups in total. The van der Waals surface area contributed by atoms with Crippen molar-refractivity contribution in [1.82, 2.24) is 4.90 Å². The zero-order valence-electron chi connectivity index (χ0n) is 9.88. The van der Waals surface area contributed by atoms with Crippen LogP contribution in [0.3, 0.4) is 0 Å². The predicted octanol–water partition coefficient (Wildman–Crippen LogP) is 1.76. The van der Waals surface area contributed by atoms with Gasteiger partial charge in [-0.15, -0.1) is 0 Å². The normalized spacial score (nSPS) is 10.5. The first-order valence-corrected chi connectivity index (χ1v) is 5.20. The molecular formula is C13H15NO3. The fraction of sp³-hybridized carbons (Fsp3) is 0.231. The van der Waals surface area contributed by atoms with Crippen molar-refractivity contribution >= 4 is 18.0 Å². The first-order valence-electron chi connectivity index (χ1n) is 5.20. The summed E-state index contributed by atoms with van der Waals surface area (Å²) in [5, 5.41) is 8.48. The van der Waals surface area contributed by atoms with Gasteiger partial charge in [0, 0.05) is 26.6 Å². The van der Waals surface area contributed by atoms with Crippen molar-refractivity contribution in [3.8, 4) is 0 Å². The van der Waals surface area contributed by atoms with Gasteiger partial charge in [0.2, 0.25) is 5.91 Å². The summed E-state index contributed by atoms with van der Waals surface area (Å²) in [6.07, 6.45) is 2.62. The minimum Gasteiger partial charge on any atom is -0.478 e. The summed E-state index contributed by atoms with van der Waals surface area (Å²) in [6.45, 7) is 2.07. The fourth-order valence-corrected chi connectivity index (χ4v) is 1.29. The second-order valence-corrected chi connectivity index (χ2v) is 3.79. The Kier molecular flexibility index (Phi) is 4.46. The van der Waals surface area contributed by atoms with Crippen LogP contribution in [0.25, 0.3) is 6.08 Å². The summed E-state index contributed by atoms with van der Waals surface area (Å²) >= 11 is 0. The Bertz CT molecular complexity index is 434. The first kappa shape index (κ1) is 13.0. The van der Waals surface area contributed by atoms with Crippen LogP contribution in [0.15, 0.2) is 30.3 Å². The van der Waals surface area contributed by atoms with Crippen LogP contribution in [0.2, 0.25) is 0 Å². The zero-order valence-corrected chi connectivity index (χ0v) is 9.88. The minimum atomic E-state index is -0.967. The molecule has 0 bridgehead atoms. The molecule has 0 saturated heterocycles. The molecule has 0 fully saturated rings. The number of aliphatic carboxylic acids is 1. The summed E-state index contributed by atoms with van der Waals surface area (Å²) in [4.78, 5) is 23.0. The van der Waals surface area contributed by atoms with Gasteiger partial charge >= 0.3 is 5.97 Å². The molecule has 0 aliphatic rings. The van der Waals surface area contributed by atoms with E-state index in [1.54, 1.807) is 11.9 Å². The highest BCUT2D eigenvalue weighted by Crippen LogP contribution is 2.08. The number of carbonyl (C=O) groups excluding carboxylic acids is 1. The number of nitrogens with zero attached hydrogens (tertiary/aromatic N) is 1. The van der Waals surface area contributed by atoms with Crippen molar-refractivity contribution in [3.63, 3.8) is 0 Å². The maximum Gasteiger partial charge on any atom is 0.328 e. The molecule has 0 aliphatic carbocycles. The lowest BCUT2D eigenvalue weighted by Crippen LogP contribution is -2.22. The zero-order chi connectivity index (χ0) is 12.8. The number of carboxylic acids is 1. The van der Waals surface area contributed by atoms with E-state index in [1.165, 1.54) is 13.0 Å². The highest BCUT2D eigenvalue weighted by molar-refractivity contribution is 5.85. The second kappa shape index (κ2) is 5.84. The number of amides is 1. The third-order valence-corrected chi connectivity index (χ3v) is 2.36. The predicted molar refractivity (Wildman–Crippen MR) is 65.3 cm³/mol. The van der Waals surface area contributed by atoms with Gasteiger partial charge in [-0.25, -0.2) is 4.79 Å². The van der Waals surface area contributed by atoms with Crippen LogP contribution in [-0.2, 0) is 16.1 Å². The average molecular weight is 233 g/mol. The Morgan fingerprint density at radius 1 is 1.29 bits per heavy atom. The third kappa shape index (κ3) is 4.51. The van der Waals surface area contributed by atoms with Gasteiger partial charge in [0.25, 0.3) is 0 Å². The molecule has 90 valence electrons. The maximum atomic E-state index is 11.0. The van der Waals surface area contributed by atoms with Gasteiger partial charge < -0.3 is 10.0 Å². The van der Waals surface area contributed by atoms with E-state index in [-0.39, 0.29) is 5.91 Å². The van der Waals surface area contributed by atoms with Crippen LogP contribution in [0.1, 0.15) is 18.1 Å². The van der Waals surface area contributed by atoms with Crippen molar-refractivity contribution in [1.29, 1.82) is 0 Å². The fourth-order valence-electron chi connectivity index (χ4n) is 1.29. The van der Waals surface area contributed by atoms with Gasteiger partial charge in [-0.3, -0.25) is 4.79 Å². The lowest BCUT2D eigenvalue weighted by atomic mass is 10.1. The molecule has 0 atom stereocenters. The maximum absolute atomic E-state index is 11.0. The Labute approximate surface area is 100 Å². The van der Waals surface area contributed by atoms with Gasteiger partial charge in [0.15, 0.2) is 0 Å². The van der Waals surface area contributed by atoms with Crippen molar-refractivity contribution < 1.29 is 14.7 Å². The van der Waals surface area contributed by atoms with Crippen LogP contribution in [0.5, 0.6) is 0 Å². The first-order chi connectivity index (χ1) is 7.99. The molecule has 0 radical (unpaired) electrons. The number of carbonyl (C=O) groups is 2. The molecule has 1 rings (SSSR count). The van der Waals surface area contributed by atoms with Crippen LogP contribution >= 0.6 is 0 Å². The molecular weight excluding hydrogens is 218 g/mol. The van der Waals surface area contributed by atoms with E-state index in [0.29, 0.717) is 6.54 Å². The smallest absolute Gasteiger partial charge is 0.328 e. The molecule has 0 heterocycles. The summed E-state index contributed by atoms with van der Waals surface area (Å²) in [7, 11) is 1.74. The van der Waals surface area contributed by atoms with Gasteiger partial charge in [-0.1, -0.05) is 24.3 Å². The molecule has 0 unspecified atom stereocenters. The van der Waals surface area contributed by atoms with Crippen LogP contribution in [-0.4, -0.2) is 28.9 Å². The van der Waals surface area contributed by atoms with E-state index in [9.17, 15) is 9.59 Å². The van der Waals surface area contributed by atoms with Gasteiger partial charge in [-0.2, -0.15) is 0 Å². The molecule has 0 aromatic heterocycles. The lowest BCUT2D eigenvalue weighted by molar-refractivity contribution is -0.131. The summed E-state index contributed by atoms with van der Waals surface area (Å²) in [5.41, 5.74) is 1.83. The molecule has 0 spiro atoms. The van der Waals surface area contributed by atoms with Crippen molar-refractivity contribution in [2.24, 2.45) is 0 Å². The number of hydrogen-bond donors (Lipinski definition) is 1. The molecule has 4 heteroatoms. The summed E-state index contributed by atoms with van der Waals surface area (Å²) in [5.74, 6) is -0.953. The SMILES string of the molecule is CC(=O)N(C)Cc1ccc(C=CC(=O)O)cc1. The van der Waals surface area contributed by atoms with Crippen LogP contribution in [0.4, 0.5) is 0 Å². The lowest BCUT2D eigenvalue weighted by Gasteiger charge is -2.14. The minimum absolute atomic E-state index is 0.0137. The topological polar surface area (TPSA) is 57.6 Å². The number of rotatable bonds is 4. The molecule has 1 aromatic carbocycles. The Balaban J connectivity index is 2.68. The van der Waals surface area contributed by atoms with E-state index < -0.39 is 5.97 Å². The highest BCUT2D eigenvalue weighted by atomic mass is 16.4. The average Bonchev–Trinajstić information content (AvgIpc) is 2.28. The van der Waals surface area contributed by atoms with Gasteiger partial charge in [0.05, 0.1) is 0 Å². The summed E-state index contributed by atoms with van der Waals surface area (Å²) in [6, 6.07) is 7.40. The molecule has 1 aromatic rings. The summed E-state index contributed by atoms with van der Waals surface area (Å²) < 4.78 is 0. The Morgan fingerprint density at radius 2 is 1.88 bits per heavy atom.